The van der Waals surface area contributed by atoms with E-state index in [2.05, 4.69) is 10.2 Å². The summed E-state index contributed by atoms with van der Waals surface area (Å²) in [5, 5.41) is 17.4. The molecule has 0 amide bonds. The zero-order valence-corrected chi connectivity index (χ0v) is 11.6. The molecule has 1 aromatic heterocycles. The zero-order chi connectivity index (χ0) is 14.1. The molecule has 0 saturated heterocycles. The molecule has 0 spiro atoms. The number of fused-ring (bicyclic) bond motifs is 1. The van der Waals surface area contributed by atoms with Crippen LogP contribution in [0.4, 0.5) is 0 Å². The van der Waals surface area contributed by atoms with Gasteiger partial charge in [-0.1, -0.05) is 30.0 Å². The van der Waals surface area contributed by atoms with E-state index in [9.17, 15) is 4.79 Å². The number of thioether (sulfide) groups is 1. The number of aromatic nitrogens is 3. The minimum Gasteiger partial charge on any atom is -0.482 e. The smallest absolute Gasteiger partial charge is 0.313 e. The van der Waals surface area contributed by atoms with Crippen LogP contribution >= 0.6 is 11.8 Å². The van der Waals surface area contributed by atoms with Crippen molar-refractivity contribution in [2.24, 2.45) is 7.05 Å². The Hall–Kier alpha value is -2.02. The summed E-state index contributed by atoms with van der Waals surface area (Å²) < 4.78 is 7.66. The summed E-state index contributed by atoms with van der Waals surface area (Å²) in [6.07, 6.45) is 0.593. The fraction of sp³-hybridized carbons (Fsp3) is 0.308. The van der Waals surface area contributed by atoms with Gasteiger partial charge in [-0.15, -0.1) is 10.2 Å². The number of carboxylic acid groups (broad SMARTS) is 1. The third kappa shape index (κ3) is 2.36. The molecule has 1 aliphatic rings. The molecule has 0 fully saturated rings. The Morgan fingerprint density at radius 3 is 3.05 bits per heavy atom. The lowest BCUT2D eigenvalue weighted by atomic mass is 10.1. The first-order valence-electron chi connectivity index (χ1n) is 6.13. The third-order valence-electron chi connectivity index (χ3n) is 3.13. The van der Waals surface area contributed by atoms with E-state index in [0.29, 0.717) is 11.0 Å². The summed E-state index contributed by atoms with van der Waals surface area (Å²) in [7, 11) is 1.83. The van der Waals surface area contributed by atoms with Crippen LogP contribution in [0.15, 0.2) is 29.4 Å². The Morgan fingerprint density at radius 1 is 1.50 bits per heavy atom. The number of benzene rings is 1. The molecule has 2 aromatic rings. The molecule has 2 heterocycles. The number of carboxylic acids is 1. The highest BCUT2D eigenvalue weighted by molar-refractivity contribution is 7.99. The van der Waals surface area contributed by atoms with E-state index in [-0.39, 0.29) is 11.9 Å². The molecule has 6 nitrogen and oxygen atoms in total. The van der Waals surface area contributed by atoms with Gasteiger partial charge in [0.1, 0.15) is 5.75 Å². The molecule has 1 aliphatic heterocycles. The second kappa shape index (κ2) is 5.16. The quantitative estimate of drug-likeness (QED) is 0.863. The van der Waals surface area contributed by atoms with Crippen molar-refractivity contribution in [1.29, 1.82) is 0 Å². The molecular weight excluding hydrogens is 278 g/mol. The van der Waals surface area contributed by atoms with Crippen LogP contribution in [0.1, 0.15) is 17.5 Å². The second-order valence-corrected chi connectivity index (χ2v) is 5.44. The zero-order valence-electron chi connectivity index (χ0n) is 10.8. The molecular formula is C13H13N3O3S. The predicted octanol–water partition coefficient (Wildman–Crippen LogP) is 1.67. The van der Waals surface area contributed by atoms with Crippen LogP contribution in [0.5, 0.6) is 5.75 Å². The summed E-state index contributed by atoms with van der Waals surface area (Å²) in [4.78, 5) is 10.6. The number of nitrogens with zero attached hydrogens (tertiary/aromatic N) is 3. The molecule has 1 N–H and O–H groups in total. The van der Waals surface area contributed by atoms with Crippen LogP contribution in [-0.4, -0.2) is 31.6 Å². The number of ether oxygens (including phenoxy) is 1. The SMILES string of the molecule is Cn1c(SCC(=O)O)nnc1C1Cc2ccccc2O1. The lowest BCUT2D eigenvalue weighted by Crippen LogP contribution is -2.10. The number of para-hydroxylation sites is 1. The maximum absolute atomic E-state index is 10.6. The fourth-order valence-corrected chi connectivity index (χ4v) is 2.82. The number of hydrogen-bond donors (Lipinski definition) is 1. The average molecular weight is 291 g/mol. The Morgan fingerprint density at radius 2 is 2.30 bits per heavy atom. The van der Waals surface area contributed by atoms with Crippen molar-refractivity contribution >= 4 is 17.7 Å². The van der Waals surface area contributed by atoms with Gasteiger partial charge in [0.05, 0.1) is 5.75 Å². The van der Waals surface area contributed by atoms with Crippen molar-refractivity contribution in [3.05, 3.63) is 35.7 Å². The van der Waals surface area contributed by atoms with Crippen molar-refractivity contribution < 1.29 is 14.6 Å². The summed E-state index contributed by atoms with van der Waals surface area (Å²) in [6, 6.07) is 7.89. The summed E-state index contributed by atoms with van der Waals surface area (Å²) >= 11 is 1.15. The van der Waals surface area contributed by atoms with E-state index >= 15 is 0 Å². The molecule has 0 aliphatic carbocycles. The average Bonchev–Trinajstić information content (AvgIpc) is 2.99. The van der Waals surface area contributed by atoms with Gasteiger partial charge in [0.25, 0.3) is 0 Å². The van der Waals surface area contributed by atoms with Crippen molar-refractivity contribution in [2.45, 2.75) is 17.7 Å². The standard InChI is InChI=1S/C13H13N3O3S/c1-16-12(14-15-13(16)20-7-11(17)18)10-6-8-4-2-3-5-9(8)19-10/h2-5,10H,6-7H2,1H3,(H,17,18). The molecule has 1 aromatic carbocycles. The van der Waals surface area contributed by atoms with E-state index < -0.39 is 5.97 Å². The number of rotatable bonds is 4. The Kier molecular flexibility index (Phi) is 3.35. The fourth-order valence-electron chi connectivity index (χ4n) is 2.18. The lowest BCUT2D eigenvalue weighted by molar-refractivity contribution is -0.133. The molecule has 0 bridgehead atoms. The molecule has 0 saturated carbocycles. The van der Waals surface area contributed by atoms with Crippen LogP contribution in [0, 0.1) is 0 Å². The topological polar surface area (TPSA) is 77.2 Å². The first kappa shape index (κ1) is 13.0. The van der Waals surface area contributed by atoms with Crippen LogP contribution in [0.2, 0.25) is 0 Å². The monoisotopic (exact) mass is 291 g/mol. The first-order chi connectivity index (χ1) is 9.65. The Balaban J connectivity index is 1.78. The van der Waals surface area contributed by atoms with E-state index in [1.807, 2.05) is 31.3 Å². The number of carbonyl (C=O) groups is 1. The maximum Gasteiger partial charge on any atom is 0.313 e. The van der Waals surface area contributed by atoms with E-state index in [1.165, 1.54) is 0 Å². The van der Waals surface area contributed by atoms with Crippen molar-refractivity contribution in [2.75, 3.05) is 5.75 Å². The summed E-state index contributed by atoms with van der Waals surface area (Å²) in [6.45, 7) is 0. The number of hydrogen-bond acceptors (Lipinski definition) is 5. The van der Waals surface area contributed by atoms with Crippen LogP contribution in [0.3, 0.4) is 0 Å². The van der Waals surface area contributed by atoms with Gasteiger partial charge < -0.3 is 14.4 Å². The van der Waals surface area contributed by atoms with E-state index in [0.717, 1.165) is 29.5 Å². The number of aliphatic carboxylic acids is 1. The highest BCUT2D eigenvalue weighted by atomic mass is 32.2. The van der Waals surface area contributed by atoms with Crippen LogP contribution < -0.4 is 4.74 Å². The van der Waals surface area contributed by atoms with E-state index in [4.69, 9.17) is 9.84 Å². The first-order valence-corrected chi connectivity index (χ1v) is 7.12. The minimum absolute atomic E-state index is 0.0300. The summed E-state index contributed by atoms with van der Waals surface area (Å²) in [5.41, 5.74) is 1.15. The van der Waals surface area contributed by atoms with Gasteiger partial charge in [-0.2, -0.15) is 0 Å². The lowest BCUT2D eigenvalue weighted by Gasteiger charge is -2.10. The normalized spacial score (nSPS) is 16.8. The second-order valence-electron chi connectivity index (χ2n) is 4.50. The van der Waals surface area contributed by atoms with Gasteiger partial charge in [-0.25, -0.2) is 0 Å². The van der Waals surface area contributed by atoms with Crippen LogP contribution in [0.25, 0.3) is 0 Å². The minimum atomic E-state index is -0.871. The molecule has 104 valence electrons. The van der Waals surface area contributed by atoms with Gasteiger partial charge in [0.2, 0.25) is 0 Å². The highest BCUT2D eigenvalue weighted by Crippen LogP contribution is 2.36. The molecule has 20 heavy (non-hydrogen) atoms. The summed E-state index contributed by atoms with van der Waals surface area (Å²) in [5.74, 6) is 0.691. The molecule has 1 unspecified atom stereocenters. The van der Waals surface area contributed by atoms with Gasteiger partial charge in [-0.05, 0) is 11.6 Å². The molecule has 7 heteroatoms. The molecule has 1 atom stereocenters. The molecule has 0 radical (unpaired) electrons. The van der Waals surface area contributed by atoms with Gasteiger partial charge in [-0.3, -0.25) is 4.79 Å². The van der Waals surface area contributed by atoms with Crippen LogP contribution in [-0.2, 0) is 18.3 Å². The maximum atomic E-state index is 10.6. The van der Waals surface area contributed by atoms with Gasteiger partial charge in [0.15, 0.2) is 17.1 Å². The van der Waals surface area contributed by atoms with Gasteiger partial charge >= 0.3 is 5.97 Å². The van der Waals surface area contributed by atoms with Gasteiger partial charge in [0, 0.05) is 13.5 Å². The predicted molar refractivity (Wildman–Crippen MR) is 72.9 cm³/mol. The molecule has 3 rings (SSSR count). The van der Waals surface area contributed by atoms with E-state index in [1.54, 1.807) is 4.57 Å². The van der Waals surface area contributed by atoms with Crippen molar-refractivity contribution in [3.8, 4) is 5.75 Å². The van der Waals surface area contributed by atoms with Crippen molar-refractivity contribution in [1.82, 2.24) is 14.8 Å². The Labute approximate surface area is 119 Å². The Bertz CT molecular complexity index is 631. The third-order valence-corrected chi connectivity index (χ3v) is 4.13. The highest BCUT2D eigenvalue weighted by Gasteiger charge is 2.28. The van der Waals surface area contributed by atoms with Crippen molar-refractivity contribution in [3.63, 3.8) is 0 Å². The largest absolute Gasteiger partial charge is 0.482 e.